The Morgan fingerprint density at radius 2 is 1.92 bits per heavy atom. The Kier molecular flexibility index (Phi) is 4.40. The molecule has 0 spiro atoms. The molecule has 0 aromatic heterocycles. The second-order valence-corrected chi connectivity index (χ2v) is 10.0. The van der Waals surface area contributed by atoms with E-state index in [1.807, 2.05) is 6.08 Å². The molecule has 4 aliphatic carbocycles. The summed E-state index contributed by atoms with van der Waals surface area (Å²) in [6.07, 6.45) is 10.2. The average Bonchev–Trinajstić information content (AvgIpc) is 2.85. The standard InChI is InChI=1S/C22H29IO2/c1-20-10-6-16(24)14-15(20)4-5-17-18(20)7-11-21(2)19(17)8-12-22(21,25)9-3-13-23/h14,17-19,25H,4-8,10-13H2,1-2H3/t17?,18?,19?,20-,21-,22-/m0/s1. The number of hydrogen-bond donors (Lipinski definition) is 1. The molecule has 0 amide bonds. The van der Waals surface area contributed by atoms with Crippen LogP contribution in [-0.4, -0.2) is 20.9 Å². The summed E-state index contributed by atoms with van der Waals surface area (Å²) in [7, 11) is 0. The van der Waals surface area contributed by atoms with Gasteiger partial charge >= 0.3 is 0 Å². The molecule has 2 nitrogen and oxygen atoms in total. The van der Waals surface area contributed by atoms with Crippen LogP contribution in [0.25, 0.3) is 0 Å². The first-order chi connectivity index (χ1) is 11.8. The highest BCUT2D eigenvalue weighted by Gasteiger charge is 2.63. The Balaban J connectivity index is 1.67. The van der Waals surface area contributed by atoms with Crippen LogP contribution in [0.3, 0.4) is 0 Å². The molecule has 0 aliphatic heterocycles. The number of fused-ring (bicyclic) bond motifs is 5. The maximum atomic E-state index is 11.9. The van der Waals surface area contributed by atoms with Gasteiger partial charge in [-0.15, -0.1) is 0 Å². The smallest absolute Gasteiger partial charge is 0.155 e. The minimum Gasteiger partial charge on any atom is -0.377 e. The first-order valence-corrected chi connectivity index (χ1v) is 11.4. The lowest BCUT2D eigenvalue weighted by Gasteiger charge is -2.58. The van der Waals surface area contributed by atoms with Crippen LogP contribution in [0, 0.1) is 40.4 Å². The maximum Gasteiger partial charge on any atom is 0.155 e. The van der Waals surface area contributed by atoms with Crippen LogP contribution in [-0.2, 0) is 4.79 Å². The lowest BCUT2D eigenvalue weighted by atomic mass is 9.46. The average molecular weight is 452 g/mol. The summed E-state index contributed by atoms with van der Waals surface area (Å²) < 4.78 is 0.785. The summed E-state index contributed by atoms with van der Waals surface area (Å²) in [6, 6.07) is 0. The summed E-state index contributed by atoms with van der Waals surface area (Å²) in [4.78, 5) is 11.9. The molecule has 0 bridgehead atoms. The number of allylic oxidation sites excluding steroid dienone is 1. The molecule has 4 rings (SSSR count). The Morgan fingerprint density at radius 3 is 2.68 bits per heavy atom. The van der Waals surface area contributed by atoms with Crippen molar-refractivity contribution in [3.8, 4) is 11.8 Å². The molecule has 0 saturated heterocycles. The monoisotopic (exact) mass is 452 g/mol. The van der Waals surface area contributed by atoms with E-state index in [4.69, 9.17) is 0 Å². The number of rotatable bonds is 0. The van der Waals surface area contributed by atoms with Crippen molar-refractivity contribution in [3.05, 3.63) is 11.6 Å². The zero-order valence-corrected chi connectivity index (χ0v) is 17.6. The van der Waals surface area contributed by atoms with Gasteiger partial charge in [0.15, 0.2) is 5.78 Å². The third-order valence-electron chi connectivity index (χ3n) is 8.48. The number of halogens is 1. The molecule has 4 aliphatic rings. The molecule has 136 valence electrons. The molecular formula is C22H29IO2. The SMILES string of the molecule is C[C@]12CCC(=O)C=C1CCC1C2CC[C@@]2(C)C1CC[C@@]2(O)C#CCI. The molecule has 0 aromatic carbocycles. The lowest BCUT2D eigenvalue weighted by Crippen LogP contribution is -2.54. The van der Waals surface area contributed by atoms with Gasteiger partial charge in [-0.1, -0.05) is 53.9 Å². The third kappa shape index (κ3) is 2.50. The number of ketones is 1. The van der Waals surface area contributed by atoms with Gasteiger partial charge in [0, 0.05) is 11.8 Å². The quantitative estimate of drug-likeness (QED) is 0.329. The van der Waals surface area contributed by atoms with Gasteiger partial charge in [0.25, 0.3) is 0 Å². The Bertz CT molecular complexity index is 686. The van der Waals surface area contributed by atoms with Crippen molar-refractivity contribution in [3.63, 3.8) is 0 Å². The number of carbonyl (C=O) groups is 1. The van der Waals surface area contributed by atoms with Gasteiger partial charge in [-0.3, -0.25) is 4.79 Å². The van der Waals surface area contributed by atoms with Gasteiger partial charge in [-0.2, -0.15) is 0 Å². The highest BCUT2D eigenvalue weighted by Crippen LogP contribution is 2.67. The number of aliphatic hydroxyl groups is 1. The fraction of sp³-hybridized carbons (Fsp3) is 0.773. The summed E-state index contributed by atoms with van der Waals surface area (Å²) in [5.74, 6) is 8.69. The topological polar surface area (TPSA) is 37.3 Å². The van der Waals surface area contributed by atoms with Crippen LogP contribution in [0.2, 0.25) is 0 Å². The maximum absolute atomic E-state index is 11.9. The van der Waals surface area contributed by atoms with Crippen LogP contribution in [0.15, 0.2) is 11.6 Å². The summed E-state index contributed by atoms with van der Waals surface area (Å²) in [6.45, 7) is 4.72. The van der Waals surface area contributed by atoms with E-state index >= 15 is 0 Å². The second kappa shape index (κ2) is 6.09. The normalized spacial score (nSPS) is 48.6. The van der Waals surface area contributed by atoms with E-state index in [1.54, 1.807) is 0 Å². The van der Waals surface area contributed by atoms with Gasteiger partial charge in [0.2, 0.25) is 0 Å². The third-order valence-corrected chi connectivity index (χ3v) is 8.86. The van der Waals surface area contributed by atoms with Crippen LogP contribution in [0.4, 0.5) is 0 Å². The van der Waals surface area contributed by atoms with E-state index in [1.165, 1.54) is 18.4 Å². The van der Waals surface area contributed by atoms with Crippen LogP contribution in [0.1, 0.15) is 65.2 Å². The van der Waals surface area contributed by atoms with E-state index in [0.717, 1.165) is 43.0 Å². The van der Waals surface area contributed by atoms with Crippen molar-refractivity contribution in [2.45, 2.75) is 70.8 Å². The van der Waals surface area contributed by atoms with E-state index in [2.05, 4.69) is 48.3 Å². The van der Waals surface area contributed by atoms with Crippen LogP contribution in [0.5, 0.6) is 0 Å². The minimum atomic E-state index is -0.798. The number of hydrogen-bond acceptors (Lipinski definition) is 2. The van der Waals surface area contributed by atoms with Crippen molar-refractivity contribution in [2.24, 2.45) is 28.6 Å². The highest BCUT2D eigenvalue weighted by atomic mass is 127. The van der Waals surface area contributed by atoms with Crippen molar-refractivity contribution in [1.29, 1.82) is 0 Å². The van der Waals surface area contributed by atoms with Crippen molar-refractivity contribution < 1.29 is 9.90 Å². The molecule has 3 unspecified atom stereocenters. The predicted octanol–water partition coefficient (Wildman–Crippen LogP) is 4.69. The Labute approximate surface area is 165 Å². The first kappa shape index (κ1) is 18.0. The molecule has 0 aromatic rings. The number of carbonyl (C=O) groups excluding carboxylic acids is 1. The van der Waals surface area contributed by atoms with Crippen molar-refractivity contribution in [1.82, 2.24) is 0 Å². The molecule has 1 N–H and O–H groups in total. The van der Waals surface area contributed by atoms with E-state index in [-0.39, 0.29) is 10.8 Å². The molecule has 25 heavy (non-hydrogen) atoms. The zero-order chi connectivity index (χ0) is 17.9. The first-order valence-electron chi connectivity index (χ1n) is 9.86. The molecule has 6 atom stereocenters. The molecule has 0 heterocycles. The predicted molar refractivity (Wildman–Crippen MR) is 108 cm³/mol. The van der Waals surface area contributed by atoms with E-state index < -0.39 is 5.60 Å². The summed E-state index contributed by atoms with van der Waals surface area (Å²) >= 11 is 2.27. The zero-order valence-electron chi connectivity index (χ0n) is 15.4. The molecule has 0 radical (unpaired) electrons. The van der Waals surface area contributed by atoms with Crippen LogP contribution >= 0.6 is 22.6 Å². The van der Waals surface area contributed by atoms with Gasteiger partial charge in [-0.05, 0) is 74.2 Å². The summed E-state index contributed by atoms with van der Waals surface area (Å²) in [5.41, 5.74) is 0.779. The fourth-order valence-corrected chi connectivity index (χ4v) is 7.15. The second-order valence-electron chi connectivity index (χ2n) is 9.26. The Hall–Kier alpha value is -0.340. The van der Waals surface area contributed by atoms with Gasteiger partial charge in [0.1, 0.15) is 5.60 Å². The summed E-state index contributed by atoms with van der Waals surface area (Å²) in [5, 5.41) is 11.4. The van der Waals surface area contributed by atoms with Crippen molar-refractivity contribution in [2.75, 3.05) is 4.43 Å². The molecule has 3 fully saturated rings. The minimum absolute atomic E-state index is 0.0605. The van der Waals surface area contributed by atoms with Gasteiger partial charge < -0.3 is 5.11 Å². The fourth-order valence-electron chi connectivity index (χ4n) is 6.96. The largest absolute Gasteiger partial charge is 0.377 e. The van der Waals surface area contributed by atoms with E-state index in [9.17, 15) is 9.90 Å². The molecule has 3 saturated carbocycles. The molecule has 3 heteroatoms. The van der Waals surface area contributed by atoms with Gasteiger partial charge in [0.05, 0.1) is 4.43 Å². The van der Waals surface area contributed by atoms with Crippen molar-refractivity contribution >= 4 is 28.4 Å². The van der Waals surface area contributed by atoms with E-state index in [0.29, 0.717) is 23.5 Å². The molecular weight excluding hydrogens is 423 g/mol. The van der Waals surface area contributed by atoms with Gasteiger partial charge in [-0.25, -0.2) is 0 Å². The number of alkyl halides is 1. The Morgan fingerprint density at radius 1 is 1.16 bits per heavy atom. The lowest BCUT2D eigenvalue weighted by molar-refractivity contribution is -0.119. The highest BCUT2D eigenvalue weighted by molar-refractivity contribution is 14.1. The van der Waals surface area contributed by atoms with Crippen LogP contribution < -0.4 is 0 Å².